The van der Waals surface area contributed by atoms with Gasteiger partial charge in [0.25, 0.3) is 0 Å². The maximum absolute atomic E-state index is 10.5. The predicted octanol–water partition coefficient (Wildman–Crippen LogP) is 4.55. The van der Waals surface area contributed by atoms with Crippen LogP contribution in [-0.4, -0.2) is 17.6 Å². The van der Waals surface area contributed by atoms with Crippen molar-refractivity contribution in [3.05, 3.63) is 126 Å². The van der Waals surface area contributed by atoms with Crippen LogP contribution < -0.4 is 44.3 Å². The molecule has 0 saturated heterocycles. The van der Waals surface area contributed by atoms with Crippen molar-refractivity contribution in [1.29, 1.82) is 0 Å². The van der Waals surface area contributed by atoms with E-state index in [0.29, 0.717) is 18.9 Å². The minimum absolute atomic E-state index is 0. The van der Waals surface area contributed by atoms with Gasteiger partial charge in [0.15, 0.2) is 5.58 Å². The number of benzene rings is 5. The Morgan fingerprint density at radius 1 is 0.750 bits per heavy atom. The molecule has 0 amide bonds. The molecule has 1 aromatic heterocycles. The minimum atomic E-state index is -0.998. The van der Waals surface area contributed by atoms with Gasteiger partial charge in [-0.25, -0.2) is 4.98 Å². The second-order valence-corrected chi connectivity index (χ2v) is 10.8. The quantitative estimate of drug-likeness (QED) is 0.145. The SMILES string of the molecule is O=C([O-])CCCCCOc1ccc2cc(-c3nc4ccc(N(Cc5ccccc5)Cc5ccccc5)cc4o3)ccc2c1.[Na+]. The Hall–Kier alpha value is -4.10. The minimum Gasteiger partial charge on any atom is -0.550 e. The molecule has 6 aromatic rings. The molecule has 1 heterocycles. The van der Waals surface area contributed by atoms with Crippen molar-refractivity contribution in [2.45, 2.75) is 38.8 Å². The number of hydrogen-bond acceptors (Lipinski definition) is 6. The van der Waals surface area contributed by atoms with Crippen LogP contribution in [0.3, 0.4) is 0 Å². The number of carbonyl (C=O) groups is 1. The summed E-state index contributed by atoms with van der Waals surface area (Å²) in [6.07, 6.45) is 2.32. The number of anilines is 1. The summed E-state index contributed by atoms with van der Waals surface area (Å²) >= 11 is 0. The average molecular weight is 593 g/mol. The van der Waals surface area contributed by atoms with Crippen molar-refractivity contribution < 1.29 is 48.6 Å². The number of ether oxygens (including phenoxy) is 1. The number of rotatable bonds is 13. The number of hydrogen-bond donors (Lipinski definition) is 0. The van der Waals surface area contributed by atoms with E-state index < -0.39 is 5.97 Å². The molecule has 0 aliphatic heterocycles. The number of carboxylic acid groups (broad SMARTS) is 1. The number of unbranched alkanes of at least 4 members (excludes halogenated alkanes) is 2. The van der Waals surface area contributed by atoms with Crippen molar-refractivity contribution in [3.8, 4) is 17.2 Å². The molecular formula is C37H33N2NaO4. The van der Waals surface area contributed by atoms with Crippen molar-refractivity contribution in [2.24, 2.45) is 0 Å². The van der Waals surface area contributed by atoms with E-state index >= 15 is 0 Å². The van der Waals surface area contributed by atoms with Crippen LogP contribution >= 0.6 is 0 Å². The molecule has 6 nitrogen and oxygen atoms in total. The van der Waals surface area contributed by atoms with E-state index in [2.05, 4.69) is 77.7 Å². The summed E-state index contributed by atoms with van der Waals surface area (Å²) in [4.78, 5) is 17.7. The van der Waals surface area contributed by atoms with Gasteiger partial charge in [-0.3, -0.25) is 0 Å². The summed E-state index contributed by atoms with van der Waals surface area (Å²) in [5, 5.41) is 12.7. The molecule has 0 aliphatic rings. The number of nitrogens with zero attached hydrogens (tertiary/aromatic N) is 2. The molecule has 0 N–H and O–H groups in total. The van der Waals surface area contributed by atoms with Crippen LogP contribution in [0.1, 0.15) is 36.8 Å². The van der Waals surface area contributed by atoms with Gasteiger partial charge in [-0.1, -0.05) is 72.8 Å². The molecule has 0 atom stereocenters. The fourth-order valence-electron chi connectivity index (χ4n) is 5.26. The second-order valence-electron chi connectivity index (χ2n) is 10.8. The molecule has 44 heavy (non-hydrogen) atoms. The van der Waals surface area contributed by atoms with Crippen LogP contribution in [0.4, 0.5) is 5.69 Å². The Morgan fingerprint density at radius 3 is 2.14 bits per heavy atom. The maximum Gasteiger partial charge on any atom is 1.00 e. The zero-order valence-electron chi connectivity index (χ0n) is 24.9. The third kappa shape index (κ3) is 8.08. The van der Waals surface area contributed by atoms with Gasteiger partial charge < -0.3 is 24.0 Å². The smallest absolute Gasteiger partial charge is 0.550 e. The summed E-state index contributed by atoms with van der Waals surface area (Å²) in [6, 6.07) is 39.4. The Balaban J connectivity index is 0.00000384. The van der Waals surface area contributed by atoms with Crippen LogP contribution in [0.15, 0.2) is 120 Å². The molecule has 7 heteroatoms. The molecule has 216 valence electrons. The summed E-state index contributed by atoms with van der Waals surface area (Å²) in [5.74, 6) is 0.385. The number of carbonyl (C=O) groups excluding carboxylic acids is 1. The van der Waals surface area contributed by atoms with E-state index in [-0.39, 0.29) is 36.0 Å². The molecule has 5 aromatic carbocycles. The van der Waals surface area contributed by atoms with Crippen molar-refractivity contribution in [3.63, 3.8) is 0 Å². The third-order valence-electron chi connectivity index (χ3n) is 7.52. The molecule has 0 saturated carbocycles. The van der Waals surface area contributed by atoms with Gasteiger partial charge in [0.05, 0.1) is 6.61 Å². The van der Waals surface area contributed by atoms with E-state index in [9.17, 15) is 9.90 Å². The Kier molecular flexibility index (Phi) is 10.7. The molecule has 0 radical (unpaired) electrons. The average Bonchev–Trinajstić information content (AvgIpc) is 3.47. The zero-order chi connectivity index (χ0) is 29.4. The van der Waals surface area contributed by atoms with Crippen LogP contribution in [0.5, 0.6) is 5.75 Å². The van der Waals surface area contributed by atoms with E-state index in [1.807, 2.05) is 42.5 Å². The Bertz CT molecular complexity index is 1780. The van der Waals surface area contributed by atoms with Gasteiger partial charge in [0.2, 0.25) is 5.89 Å². The maximum atomic E-state index is 10.5. The Morgan fingerprint density at radius 2 is 1.43 bits per heavy atom. The first kappa shape index (κ1) is 31.3. The predicted molar refractivity (Wildman–Crippen MR) is 169 cm³/mol. The fourth-order valence-corrected chi connectivity index (χ4v) is 5.26. The largest absolute Gasteiger partial charge is 1.00 e. The summed E-state index contributed by atoms with van der Waals surface area (Å²) in [5.41, 5.74) is 6.05. The van der Waals surface area contributed by atoms with Gasteiger partial charge in [0.1, 0.15) is 11.3 Å². The zero-order valence-corrected chi connectivity index (χ0v) is 26.9. The topological polar surface area (TPSA) is 78.6 Å². The van der Waals surface area contributed by atoms with Crippen LogP contribution in [0.2, 0.25) is 0 Å². The van der Waals surface area contributed by atoms with E-state index in [1.165, 1.54) is 11.1 Å². The monoisotopic (exact) mass is 592 g/mol. The standard InChI is InChI=1S/C37H34N2O4.Na/c40-36(41)14-8-3-9-21-42-33-19-17-29-22-31(16-15-30(29)23-33)37-38-34-20-18-32(24-35(34)43-37)39(25-27-10-4-1-5-11-27)26-28-12-6-2-7-13-28;/h1-2,4-7,10-13,15-20,22-24H,3,8-9,14,21,25-26H2,(H,40,41);/q;+1/p-1. The first-order chi connectivity index (χ1) is 21.1. The van der Waals surface area contributed by atoms with Crippen molar-refractivity contribution >= 4 is 33.5 Å². The molecule has 0 unspecified atom stereocenters. The first-order valence-electron chi connectivity index (χ1n) is 14.7. The van der Waals surface area contributed by atoms with Crippen LogP contribution in [0.25, 0.3) is 33.3 Å². The summed E-state index contributed by atoms with van der Waals surface area (Å²) in [7, 11) is 0. The first-order valence-corrected chi connectivity index (χ1v) is 14.7. The van der Waals surface area contributed by atoms with Gasteiger partial charge in [-0.05, 0) is 84.0 Å². The molecule has 0 bridgehead atoms. The normalized spacial score (nSPS) is 10.9. The molecule has 0 aliphatic carbocycles. The molecule has 0 fully saturated rings. The van der Waals surface area contributed by atoms with Gasteiger partial charge in [0, 0.05) is 36.4 Å². The van der Waals surface area contributed by atoms with Crippen LogP contribution in [-0.2, 0) is 17.9 Å². The van der Waals surface area contributed by atoms with E-state index in [1.54, 1.807) is 0 Å². The van der Waals surface area contributed by atoms with Crippen LogP contribution in [0, 0.1) is 0 Å². The summed E-state index contributed by atoms with van der Waals surface area (Å²) in [6.45, 7) is 2.11. The number of carboxylic acids is 1. The molecule has 6 rings (SSSR count). The van der Waals surface area contributed by atoms with Gasteiger partial charge >= 0.3 is 29.6 Å². The third-order valence-corrected chi connectivity index (χ3v) is 7.52. The molecule has 0 spiro atoms. The van der Waals surface area contributed by atoms with Gasteiger partial charge in [-0.2, -0.15) is 0 Å². The fraction of sp³-hybridized carbons (Fsp3) is 0.189. The number of aromatic nitrogens is 1. The number of fused-ring (bicyclic) bond motifs is 2. The second kappa shape index (κ2) is 15.1. The van der Waals surface area contributed by atoms with Crippen molar-refractivity contribution in [2.75, 3.05) is 11.5 Å². The van der Waals surface area contributed by atoms with Gasteiger partial charge in [-0.15, -0.1) is 0 Å². The van der Waals surface area contributed by atoms with E-state index in [4.69, 9.17) is 14.1 Å². The number of aliphatic carboxylic acids is 1. The van der Waals surface area contributed by atoms with Crippen molar-refractivity contribution in [1.82, 2.24) is 4.98 Å². The molecular weight excluding hydrogens is 559 g/mol. The van der Waals surface area contributed by atoms with E-state index in [0.717, 1.165) is 64.8 Å². The Labute approximate surface area is 279 Å². The summed E-state index contributed by atoms with van der Waals surface area (Å²) < 4.78 is 12.2. The number of oxazole rings is 1.